The van der Waals surface area contributed by atoms with Crippen LogP contribution in [0.25, 0.3) is 0 Å². The van der Waals surface area contributed by atoms with Crippen LogP contribution in [0.1, 0.15) is 20.8 Å². The lowest BCUT2D eigenvalue weighted by Crippen LogP contribution is -2.21. The summed E-state index contributed by atoms with van der Waals surface area (Å²) < 4.78 is 5.08. The minimum absolute atomic E-state index is 0.0258. The van der Waals surface area contributed by atoms with E-state index in [-0.39, 0.29) is 5.91 Å². The van der Waals surface area contributed by atoms with Gasteiger partial charge >= 0.3 is 0 Å². The number of hydrogen-bond donors (Lipinski definition) is 1. The van der Waals surface area contributed by atoms with Gasteiger partial charge in [-0.25, -0.2) is 0 Å². The molecule has 0 aliphatic carbocycles. The van der Waals surface area contributed by atoms with Gasteiger partial charge in [-0.05, 0) is 22.6 Å². The first-order chi connectivity index (χ1) is 8.79. The summed E-state index contributed by atoms with van der Waals surface area (Å²) in [5.74, 6) is -0.0258. The molecule has 1 aromatic carbocycles. The van der Waals surface area contributed by atoms with Crippen molar-refractivity contribution in [3.05, 3.63) is 57.8 Å². The van der Waals surface area contributed by atoms with Crippen LogP contribution < -0.4 is 5.32 Å². The summed E-state index contributed by atoms with van der Waals surface area (Å²) in [6.07, 6.45) is 0. The highest BCUT2D eigenvalue weighted by molar-refractivity contribution is 7.12. The first-order valence-electron chi connectivity index (χ1n) is 5.68. The van der Waals surface area contributed by atoms with E-state index in [1.54, 1.807) is 7.11 Å². The summed E-state index contributed by atoms with van der Waals surface area (Å²) in [7, 11) is 1.67. The first kappa shape index (κ1) is 12.8. The Morgan fingerprint density at radius 3 is 2.83 bits per heavy atom. The van der Waals surface area contributed by atoms with Gasteiger partial charge in [-0.1, -0.05) is 30.3 Å². The van der Waals surface area contributed by atoms with Crippen LogP contribution in [0.15, 0.2) is 41.8 Å². The molecule has 0 unspecified atom stereocenters. The molecule has 3 nitrogen and oxygen atoms in total. The fourth-order valence-electron chi connectivity index (χ4n) is 1.67. The average Bonchev–Trinajstić information content (AvgIpc) is 2.91. The molecule has 1 N–H and O–H groups in total. The van der Waals surface area contributed by atoms with Gasteiger partial charge in [0.15, 0.2) is 0 Å². The molecule has 0 spiro atoms. The zero-order chi connectivity index (χ0) is 12.8. The van der Waals surface area contributed by atoms with Crippen molar-refractivity contribution in [2.75, 3.05) is 7.11 Å². The van der Waals surface area contributed by atoms with Gasteiger partial charge < -0.3 is 10.1 Å². The third-order valence-electron chi connectivity index (χ3n) is 2.50. The predicted molar refractivity (Wildman–Crippen MR) is 72.6 cm³/mol. The monoisotopic (exact) mass is 261 g/mol. The Hall–Kier alpha value is -1.65. The third-order valence-corrected chi connectivity index (χ3v) is 3.37. The van der Waals surface area contributed by atoms with E-state index >= 15 is 0 Å². The number of hydrogen-bond acceptors (Lipinski definition) is 3. The standard InChI is InChI=1S/C14H15NO2S/c1-17-10-12-5-2-4-11(8-12)9-15-14(16)13-6-3-7-18-13/h2-8H,9-10H2,1H3,(H,15,16). The first-order valence-corrected chi connectivity index (χ1v) is 6.56. The summed E-state index contributed by atoms with van der Waals surface area (Å²) in [6.45, 7) is 1.13. The number of rotatable bonds is 5. The second-order valence-electron chi connectivity index (χ2n) is 3.91. The summed E-state index contributed by atoms with van der Waals surface area (Å²) in [6, 6.07) is 11.7. The molecule has 0 saturated heterocycles. The molecule has 2 aromatic rings. The molecular formula is C14H15NO2S. The van der Waals surface area contributed by atoms with Crippen LogP contribution in [0.5, 0.6) is 0 Å². The fraction of sp³-hybridized carbons (Fsp3) is 0.214. The molecule has 0 bridgehead atoms. The zero-order valence-corrected chi connectivity index (χ0v) is 11.0. The van der Waals surface area contributed by atoms with E-state index in [0.29, 0.717) is 13.2 Å². The number of carbonyl (C=O) groups is 1. The average molecular weight is 261 g/mol. The number of ether oxygens (including phenoxy) is 1. The van der Waals surface area contributed by atoms with Crippen LogP contribution in [-0.4, -0.2) is 13.0 Å². The Kier molecular flexibility index (Phi) is 4.50. The van der Waals surface area contributed by atoms with E-state index in [0.717, 1.165) is 16.0 Å². The van der Waals surface area contributed by atoms with Gasteiger partial charge in [0.05, 0.1) is 11.5 Å². The van der Waals surface area contributed by atoms with Gasteiger partial charge in [0.2, 0.25) is 0 Å². The molecule has 18 heavy (non-hydrogen) atoms. The Balaban J connectivity index is 1.93. The Bertz CT molecular complexity index is 508. The summed E-state index contributed by atoms with van der Waals surface area (Å²) >= 11 is 1.45. The lowest BCUT2D eigenvalue weighted by molar-refractivity contribution is 0.0955. The lowest BCUT2D eigenvalue weighted by Gasteiger charge is -2.06. The van der Waals surface area contributed by atoms with Gasteiger partial charge in [0, 0.05) is 13.7 Å². The van der Waals surface area contributed by atoms with Crippen molar-refractivity contribution in [1.82, 2.24) is 5.32 Å². The number of thiophene rings is 1. The van der Waals surface area contributed by atoms with Crippen molar-refractivity contribution in [3.63, 3.8) is 0 Å². The van der Waals surface area contributed by atoms with Crippen LogP contribution in [-0.2, 0) is 17.9 Å². The minimum atomic E-state index is -0.0258. The van der Waals surface area contributed by atoms with E-state index in [1.165, 1.54) is 11.3 Å². The van der Waals surface area contributed by atoms with E-state index in [1.807, 2.05) is 41.8 Å². The summed E-state index contributed by atoms with van der Waals surface area (Å²) in [5.41, 5.74) is 2.19. The highest BCUT2D eigenvalue weighted by atomic mass is 32.1. The maximum atomic E-state index is 11.8. The molecule has 1 amide bonds. The van der Waals surface area contributed by atoms with Crippen LogP contribution >= 0.6 is 11.3 Å². The Morgan fingerprint density at radius 2 is 2.11 bits per heavy atom. The SMILES string of the molecule is COCc1cccc(CNC(=O)c2cccs2)c1. The molecule has 0 atom stereocenters. The molecule has 0 saturated carbocycles. The van der Waals surface area contributed by atoms with E-state index < -0.39 is 0 Å². The van der Waals surface area contributed by atoms with Crippen molar-refractivity contribution >= 4 is 17.2 Å². The molecule has 1 heterocycles. The molecule has 1 aromatic heterocycles. The maximum Gasteiger partial charge on any atom is 0.261 e. The zero-order valence-electron chi connectivity index (χ0n) is 10.2. The van der Waals surface area contributed by atoms with Gasteiger partial charge in [0.1, 0.15) is 0 Å². The number of nitrogens with one attached hydrogen (secondary N) is 1. The third kappa shape index (κ3) is 3.42. The van der Waals surface area contributed by atoms with Crippen LogP contribution in [0.3, 0.4) is 0 Å². The van der Waals surface area contributed by atoms with E-state index in [4.69, 9.17) is 4.74 Å². The molecule has 0 aliphatic heterocycles. The molecular weight excluding hydrogens is 246 g/mol. The molecule has 0 aliphatic rings. The van der Waals surface area contributed by atoms with E-state index in [9.17, 15) is 4.79 Å². The quantitative estimate of drug-likeness (QED) is 0.898. The topological polar surface area (TPSA) is 38.3 Å². The normalized spacial score (nSPS) is 10.3. The van der Waals surface area contributed by atoms with Crippen LogP contribution in [0.4, 0.5) is 0 Å². The predicted octanol–water partition coefficient (Wildman–Crippen LogP) is 2.82. The van der Waals surface area contributed by atoms with Crippen LogP contribution in [0, 0.1) is 0 Å². The van der Waals surface area contributed by atoms with Crippen molar-refractivity contribution in [3.8, 4) is 0 Å². The second kappa shape index (κ2) is 6.33. The molecule has 94 valence electrons. The molecule has 4 heteroatoms. The molecule has 0 radical (unpaired) electrons. The molecule has 0 fully saturated rings. The number of amides is 1. The van der Waals surface area contributed by atoms with Crippen molar-refractivity contribution in [1.29, 1.82) is 0 Å². The largest absolute Gasteiger partial charge is 0.380 e. The van der Waals surface area contributed by atoms with Gasteiger partial charge in [-0.2, -0.15) is 0 Å². The summed E-state index contributed by atoms with van der Waals surface area (Å²) in [5, 5.41) is 4.80. The minimum Gasteiger partial charge on any atom is -0.380 e. The van der Waals surface area contributed by atoms with Crippen LogP contribution in [0.2, 0.25) is 0 Å². The number of carbonyl (C=O) groups excluding carboxylic acids is 1. The van der Waals surface area contributed by atoms with E-state index in [2.05, 4.69) is 5.32 Å². The smallest absolute Gasteiger partial charge is 0.261 e. The Morgan fingerprint density at radius 1 is 1.28 bits per heavy atom. The lowest BCUT2D eigenvalue weighted by atomic mass is 10.1. The second-order valence-corrected chi connectivity index (χ2v) is 4.86. The maximum absolute atomic E-state index is 11.8. The van der Waals surface area contributed by atoms with Gasteiger partial charge in [0.25, 0.3) is 5.91 Å². The van der Waals surface area contributed by atoms with Crippen molar-refractivity contribution in [2.45, 2.75) is 13.2 Å². The van der Waals surface area contributed by atoms with Gasteiger partial charge in [-0.3, -0.25) is 4.79 Å². The highest BCUT2D eigenvalue weighted by Crippen LogP contribution is 2.09. The number of benzene rings is 1. The van der Waals surface area contributed by atoms with Crippen molar-refractivity contribution < 1.29 is 9.53 Å². The fourth-order valence-corrected chi connectivity index (χ4v) is 2.31. The Labute approximate surface area is 110 Å². The highest BCUT2D eigenvalue weighted by Gasteiger charge is 2.05. The summed E-state index contributed by atoms with van der Waals surface area (Å²) in [4.78, 5) is 12.5. The van der Waals surface area contributed by atoms with Crippen molar-refractivity contribution in [2.24, 2.45) is 0 Å². The molecule has 2 rings (SSSR count). The van der Waals surface area contributed by atoms with Gasteiger partial charge in [-0.15, -0.1) is 11.3 Å². The number of methoxy groups -OCH3 is 1.